The molecule has 2 unspecified atom stereocenters. The van der Waals surface area contributed by atoms with Crippen molar-refractivity contribution in [1.82, 2.24) is 19.9 Å². The number of carbonyl (C=O) groups is 1. The van der Waals surface area contributed by atoms with E-state index < -0.39 is 6.10 Å². The highest BCUT2D eigenvalue weighted by molar-refractivity contribution is 5.81. The van der Waals surface area contributed by atoms with Crippen LogP contribution in [0, 0.1) is 13.8 Å². The summed E-state index contributed by atoms with van der Waals surface area (Å²) < 4.78 is 5.89. The third-order valence-corrected chi connectivity index (χ3v) is 5.77. The second-order valence-corrected chi connectivity index (χ2v) is 8.03. The fraction of sp³-hybridized carbons (Fsp3) is 0.333. The highest BCUT2D eigenvalue weighted by Crippen LogP contribution is 2.27. The lowest BCUT2D eigenvalue weighted by Crippen LogP contribution is -2.39. The van der Waals surface area contributed by atoms with E-state index in [0.717, 1.165) is 17.5 Å². The molecule has 1 amide bonds. The van der Waals surface area contributed by atoms with E-state index in [9.17, 15) is 9.59 Å². The monoisotopic (exact) mass is 418 g/mol. The van der Waals surface area contributed by atoms with E-state index in [0.29, 0.717) is 30.4 Å². The van der Waals surface area contributed by atoms with Gasteiger partial charge in [0, 0.05) is 43.0 Å². The summed E-state index contributed by atoms with van der Waals surface area (Å²) in [5.41, 5.74) is 3.62. The predicted octanol–water partition coefficient (Wildman–Crippen LogP) is 3.23. The molecule has 1 aromatic carbocycles. The summed E-state index contributed by atoms with van der Waals surface area (Å²) in [5, 5.41) is 0. The Morgan fingerprint density at radius 1 is 1.16 bits per heavy atom. The Morgan fingerprint density at radius 3 is 2.68 bits per heavy atom. The molecule has 0 saturated carbocycles. The number of carbonyl (C=O) groups excluding carboxylic acids is 1. The Balaban J connectivity index is 1.45. The number of nitrogens with zero attached hydrogens (tertiary/aromatic N) is 3. The Kier molecular flexibility index (Phi) is 5.84. The van der Waals surface area contributed by atoms with Gasteiger partial charge in [0.1, 0.15) is 11.6 Å². The van der Waals surface area contributed by atoms with E-state index in [4.69, 9.17) is 4.74 Å². The number of pyridine rings is 1. The Morgan fingerprint density at radius 2 is 1.94 bits per heavy atom. The molecular weight excluding hydrogens is 392 g/mol. The van der Waals surface area contributed by atoms with Crippen molar-refractivity contribution in [3.63, 3.8) is 0 Å². The average Bonchev–Trinajstić information content (AvgIpc) is 3.26. The fourth-order valence-electron chi connectivity index (χ4n) is 3.83. The Bertz CT molecular complexity index is 1140. The van der Waals surface area contributed by atoms with Crippen molar-refractivity contribution in [3.8, 4) is 17.1 Å². The zero-order chi connectivity index (χ0) is 22.0. The Hall–Kier alpha value is -3.48. The molecule has 2 aromatic heterocycles. The van der Waals surface area contributed by atoms with Crippen LogP contribution in [0.15, 0.2) is 53.6 Å². The fourth-order valence-corrected chi connectivity index (χ4v) is 3.83. The molecule has 0 bridgehead atoms. The van der Waals surface area contributed by atoms with Crippen LogP contribution in [-0.2, 0) is 4.79 Å². The van der Waals surface area contributed by atoms with Crippen molar-refractivity contribution in [2.24, 2.45) is 0 Å². The first-order chi connectivity index (χ1) is 14.9. The van der Waals surface area contributed by atoms with Crippen LogP contribution in [0.25, 0.3) is 11.4 Å². The van der Waals surface area contributed by atoms with Gasteiger partial charge in [-0.2, -0.15) is 0 Å². The van der Waals surface area contributed by atoms with Crippen molar-refractivity contribution >= 4 is 5.91 Å². The van der Waals surface area contributed by atoms with Crippen LogP contribution in [0.2, 0.25) is 0 Å². The molecule has 1 saturated heterocycles. The van der Waals surface area contributed by atoms with Crippen LogP contribution in [0.1, 0.15) is 36.1 Å². The number of hydrogen-bond donors (Lipinski definition) is 1. The van der Waals surface area contributed by atoms with Crippen LogP contribution in [-0.4, -0.2) is 45.0 Å². The summed E-state index contributed by atoms with van der Waals surface area (Å²) in [7, 11) is 0. The molecule has 7 heteroatoms. The lowest BCUT2D eigenvalue weighted by Gasteiger charge is -2.22. The molecule has 160 valence electrons. The van der Waals surface area contributed by atoms with E-state index in [1.165, 1.54) is 11.6 Å². The topological polar surface area (TPSA) is 88.2 Å². The van der Waals surface area contributed by atoms with Gasteiger partial charge in [0.15, 0.2) is 6.10 Å². The van der Waals surface area contributed by atoms with E-state index in [2.05, 4.69) is 15.0 Å². The highest BCUT2D eigenvalue weighted by Gasteiger charge is 2.31. The van der Waals surface area contributed by atoms with Gasteiger partial charge in [0.05, 0.1) is 5.69 Å². The third kappa shape index (κ3) is 4.66. The van der Waals surface area contributed by atoms with Crippen LogP contribution in [0.3, 0.4) is 0 Å². The average molecular weight is 418 g/mol. The molecule has 1 fully saturated rings. The van der Waals surface area contributed by atoms with Crippen LogP contribution < -0.4 is 10.3 Å². The molecule has 1 aliphatic heterocycles. The molecular formula is C24H26N4O3. The first kappa shape index (κ1) is 20.8. The maximum absolute atomic E-state index is 12.9. The predicted molar refractivity (Wildman–Crippen MR) is 118 cm³/mol. The Labute approximate surface area is 181 Å². The largest absolute Gasteiger partial charge is 0.481 e. The molecule has 1 N–H and O–H groups in total. The van der Waals surface area contributed by atoms with Crippen molar-refractivity contribution in [2.75, 3.05) is 13.1 Å². The number of nitrogens with one attached hydrogen (secondary N) is 1. The smallest absolute Gasteiger partial charge is 0.263 e. The van der Waals surface area contributed by atoms with Gasteiger partial charge in [-0.3, -0.25) is 14.6 Å². The number of H-pyrrole nitrogens is 1. The summed E-state index contributed by atoms with van der Waals surface area (Å²) in [6.45, 7) is 6.97. The number of benzene rings is 1. The van der Waals surface area contributed by atoms with Crippen molar-refractivity contribution < 1.29 is 9.53 Å². The first-order valence-corrected chi connectivity index (χ1v) is 10.4. The summed E-state index contributed by atoms with van der Waals surface area (Å²) in [4.78, 5) is 38.4. The molecule has 1 aliphatic rings. The van der Waals surface area contributed by atoms with Crippen molar-refractivity contribution in [3.05, 3.63) is 76.0 Å². The van der Waals surface area contributed by atoms with Gasteiger partial charge in [-0.25, -0.2) is 4.98 Å². The number of ether oxygens (including phenoxy) is 1. The van der Waals surface area contributed by atoms with Crippen LogP contribution in [0.4, 0.5) is 0 Å². The van der Waals surface area contributed by atoms with Crippen LogP contribution in [0.5, 0.6) is 5.75 Å². The SMILES string of the molecule is Cc1ccc(OC(C)C(=O)N2CCC(c3cc(=O)[nH]c(-c4ccncc4)n3)C2)cc1C. The molecule has 31 heavy (non-hydrogen) atoms. The van der Waals surface area contributed by atoms with Gasteiger partial charge < -0.3 is 14.6 Å². The van der Waals surface area contributed by atoms with Gasteiger partial charge in [-0.15, -0.1) is 0 Å². The number of aromatic amines is 1. The number of amides is 1. The molecule has 0 radical (unpaired) electrons. The van der Waals surface area contributed by atoms with Crippen molar-refractivity contribution in [2.45, 2.75) is 39.2 Å². The van der Waals surface area contributed by atoms with E-state index in [1.54, 1.807) is 36.4 Å². The van der Waals surface area contributed by atoms with Crippen LogP contribution >= 0.6 is 0 Å². The molecule has 0 aliphatic carbocycles. The number of aromatic nitrogens is 3. The normalized spacial score (nSPS) is 16.9. The van der Waals surface area contributed by atoms with Gasteiger partial charge in [0.2, 0.25) is 0 Å². The van der Waals surface area contributed by atoms with Gasteiger partial charge in [-0.1, -0.05) is 6.07 Å². The minimum Gasteiger partial charge on any atom is -0.481 e. The third-order valence-electron chi connectivity index (χ3n) is 5.77. The first-order valence-electron chi connectivity index (χ1n) is 10.4. The molecule has 2 atom stereocenters. The van der Waals surface area contributed by atoms with Gasteiger partial charge in [-0.05, 0) is 62.6 Å². The summed E-state index contributed by atoms with van der Waals surface area (Å²) in [6.07, 6.45) is 3.50. The van der Waals surface area contributed by atoms with Crippen molar-refractivity contribution in [1.29, 1.82) is 0 Å². The van der Waals surface area contributed by atoms with Gasteiger partial charge >= 0.3 is 0 Å². The second kappa shape index (κ2) is 8.71. The quantitative estimate of drug-likeness (QED) is 0.687. The zero-order valence-electron chi connectivity index (χ0n) is 18.0. The minimum absolute atomic E-state index is 0.0145. The van der Waals surface area contributed by atoms with E-state index in [1.807, 2.05) is 32.0 Å². The van der Waals surface area contributed by atoms with E-state index >= 15 is 0 Å². The number of hydrogen-bond acceptors (Lipinski definition) is 5. The lowest BCUT2D eigenvalue weighted by molar-refractivity contribution is -0.136. The number of likely N-dealkylation sites (tertiary alicyclic amines) is 1. The zero-order valence-corrected chi connectivity index (χ0v) is 18.0. The second-order valence-electron chi connectivity index (χ2n) is 8.03. The standard InChI is InChI=1S/C24H26N4O3/c1-15-4-5-20(12-16(15)2)31-17(3)24(30)28-11-8-19(14-28)21-13-22(29)27-23(26-21)18-6-9-25-10-7-18/h4-7,9-10,12-13,17,19H,8,11,14H2,1-3H3,(H,26,27,29). The van der Waals surface area contributed by atoms with Gasteiger partial charge in [0.25, 0.3) is 11.5 Å². The number of rotatable bonds is 5. The molecule has 3 heterocycles. The molecule has 0 spiro atoms. The molecule has 4 rings (SSSR count). The lowest BCUT2D eigenvalue weighted by atomic mass is 10.0. The maximum Gasteiger partial charge on any atom is 0.263 e. The maximum atomic E-state index is 12.9. The summed E-state index contributed by atoms with van der Waals surface area (Å²) >= 11 is 0. The summed E-state index contributed by atoms with van der Waals surface area (Å²) in [6, 6.07) is 11.0. The number of aryl methyl sites for hydroxylation is 2. The van der Waals surface area contributed by atoms with E-state index in [-0.39, 0.29) is 17.4 Å². The molecule has 3 aromatic rings. The minimum atomic E-state index is -0.583. The molecule has 7 nitrogen and oxygen atoms in total. The highest BCUT2D eigenvalue weighted by atomic mass is 16.5. The summed E-state index contributed by atoms with van der Waals surface area (Å²) in [5.74, 6) is 1.17.